The molecule has 3 aromatic rings. The molecule has 2 aromatic carbocycles. The first-order valence-corrected chi connectivity index (χ1v) is 7.45. The Hall–Kier alpha value is -3.54. The van der Waals surface area contributed by atoms with Gasteiger partial charge in [0.25, 0.3) is 0 Å². The van der Waals surface area contributed by atoms with E-state index in [-0.39, 0.29) is 16.8 Å². The molecule has 0 radical (unpaired) electrons. The molecule has 0 atom stereocenters. The molecular formula is C19H18N2O4. The van der Waals surface area contributed by atoms with E-state index in [1.807, 2.05) is 42.7 Å². The summed E-state index contributed by atoms with van der Waals surface area (Å²) in [5.41, 5.74) is 7.02. The van der Waals surface area contributed by atoms with Gasteiger partial charge in [-0.15, -0.1) is 0 Å². The number of nitrogens with two attached hydrogens (primary N) is 1. The summed E-state index contributed by atoms with van der Waals surface area (Å²) in [4.78, 5) is 21.3. The van der Waals surface area contributed by atoms with E-state index in [2.05, 4.69) is 16.7 Å². The zero-order valence-corrected chi connectivity index (χ0v) is 13.6. The number of benzene rings is 2. The van der Waals surface area contributed by atoms with Crippen LogP contribution in [0.15, 0.2) is 67.0 Å². The maximum Gasteiger partial charge on any atom is 0.336 e. The summed E-state index contributed by atoms with van der Waals surface area (Å²) in [5.74, 6) is -2.38. The molecule has 1 heterocycles. The van der Waals surface area contributed by atoms with Crippen LogP contribution < -0.4 is 5.73 Å². The molecule has 25 heavy (non-hydrogen) atoms. The minimum absolute atomic E-state index is 0.0811. The van der Waals surface area contributed by atoms with E-state index in [4.69, 9.17) is 15.9 Å². The second kappa shape index (κ2) is 7.83. The van der Waals surface area contributed by atoms with Crippen molar-refractivity contribution in [1.29, 1.82) is 0 Å². The molecule has 4 N–H and O–H groups in total. The largest absolute Gasteiger partial charge is 0.478 e. The number of aromatic nitrogens is 1. The predicted octanol–water partition coefficient (Wildman–Crippen LogP) is 3.45. The van der Waals surface area contributed by atoms with E-state index in [1.165, 1.54) is 18.7 Å². The fourth-order valence-electron chi connectivity index (χ4n) is 2.19. The van der Waals surface area contributed by atoms with Gasteiger partial charge in [0.05, 0.1) is 11.1 Å². The topological polar surface area (TPSA) is 106 Å². The summed E-state index contributed by atoms with van der Waals surface area (Å²) in [6.45, 7) is 1.53. The van der Waals surface area contributed by atoms with E-state index in [1.54, 1.807) is 0 Å². The number of hydrogen-bond donors (Lipinski definition) is 3. The van der Waals surface area contributed by atoms with Gasteiger partial charge in [0.2, 0.25) is 0 Å². The van der Waals surface area contributed by atoms with Crippen LogP contribution in [0.4, 0.5) is 5.69 Å². The highest BCUT2D eigenvalue weighted by molar-refractivity contribution is 5.96. The van der Waals surface area contributed by atoms with Crippen LogP contribution in [0.1, 0.15) is 26.3 Å². The Kier molecular flexibility index (Phi) is 5.58. The van der Waals surface area contributed by atoms with Crippen LogP contribution in [0, 0.1) is 6.92 Å². The summed E-state index contributed by atoms with van der Waals surface area (Å²) in [6, 6.07) is 16.6. The first kappa shape index (κ1) is 17.8. The molecule has 3 rings (SSSR count). The quantitative estimate of drug-likeness (QED) is 0.634. The number of nitrogen functional groups attached to an aromatic ring is 1. The molecule has 0 aliphatic heterocycles. The number of carboxylic acids is 2. The minimum Gasteiger partial charge on any atom is -0.478 e. The molecule has 6 heteroatoms. The summed E-state index contributed by atoms with van der Waals surface area (Å²) in [7, 11) is 0. The van der Waals surface area contributed by atoms with Crippen LogP contribution in [0.2, 0.25) is 0 Å². The Balaban J connectivity index is 0.000000185. The van der Waals surface area contributed by atoms with Gasteiger partial charge in [0, 0.05) is 23.8 Å². The normalized spacial score (nSPS) is 9.80. The lowest BCUT2D eigenvalue weighted by atomic mass is 10.0. The highest BCUT2D eigenvalue weighted by Gasteiger charge is 2.14. The van der Waals surface area contributed by atoms with Crippen LogP contribution >= 0.6 is 0 Å². The molecule has 6 nitrogen and oxygen atoms in total. The smallest absolute Gasteiger partial charge is 0.336 e. The molecule has 0 saturated carbocycles. The Labute approximate surface area is 144 Å². The number of aromatic carboxylic acids is 2. The van der Waals surface area contributed by atoms with Crippen molar-refractivity contribution in [2.45, 2.75) is 6.92 Å². The Morgan fingerprint density at radius 2 is 1.52 bits per heavy atom. The Morgan fingerprint density at radius 3 is 2.04 bits per heavy atom. The van der Waals surface area contributed by atoms with Crippen molar-refractivity contribution in [2.75, 3.05) is 5.73 Å². The molecule has 1 aromatic heterocycles. The summed E-state index contributed by atoms with van der Waals surface area (Å²) in [6.07, 6.45) is 4.07. The zero-order chi connectivity index (χ0) is 18.4. The van der Waals surface area contributed by atoms with Crippen LogP contribution in [-0.4, -0.2) is 26.7 Å². The Morgan fingerprint density at radius 1 is 0.920 bits per heavy atom. The van der Waals surface area contributed by atoms with Gasteiger partial charge in [-0.1, -0.05) is 18.2 Å². The van der Waals surface area contributed by atoms with Gasteiger partial charge in [0.15, 0.2) is 0 Å². The van der Waals surface area contributed by atoms with Crippen molar-refractivity contribution < 1.29 is 19.8 Å². The SMILES string of the molecule is Cc1c(N)cc(C(=O)O)cc1C(=O)O.c1ccc(-n2cccc2)cc1. The third-order valence-electron chi connectivity index (χ3n) is 3.58. The fraction of sp³-hybridized carbons (Fsp3) is 0.0526. The predicted molar refractivity (Wildman–Crippen MR) is 95.3 cm³/mol. The molecule has 128 valence electrons. The van der Waals surface area contributed by atoms with Gasteiger partial charge in [-0.2, -0.15) is 0 Å². The van der Waals surface area contributed by atoms with Crippen molar-refractivity contribution >= 4 is 17.6 Å². The van der Waals surface area contributed by atoms with Gasteiger partial charge in [0.1, 0.15) is 0 Å². The van der Waals surface area contributed by atoms with Crippen molar-refractivity contribution in [3.63, 3.8) is 0 Å². The Bertz CT molecular complexity index is 872. The number of hydrogen-bond acceptors (Lipinski definition) is 3. The second-order valence-corrected chi connectivity index (χ2v) is 5.27. The lowest BCUT2D eigenvalue weighted by Gasteiger charge is -2.05. The molecule has 0 saturated heterocycles. The lowest BCUT2D eigenvalue weighted by molar-refractivity contribution is 0.0695. The lowest BCUT2D eigenvalue weighted by Crippen LogP contribution is -2.07. The minimum atomic E-state index is -1.20. The third kappa shape index (κ3) is 4.48. The van der Waals surface area contributed by atoms with Crippen molar-refractivity contribution in [1.82, 2.24) is 4.57 Å². The molecule has 0 unspecified atom stereocenters. The number of anilines is 1. The van der Waals surface area contributed by atoms with Gasteiger partial charge >= 0.3 is 11.9 Å². The van der Waals surface area contributed by atoms with Crippen LogP contribution in [0.5, 0.6) is 0 Å². The molecule has 0 aliphatic rings. The highest BCUT2D eigenvalue weighted by atomic mass is 16.4. The van der Waals surface area contributed by atoms with E-state index >= 15 is 0 Å². The first-order valence-electron chi connectivity index (χ1n) is 7.45. The van der Waals surface area contributed by atoms with E-state index in [0.717, 1.165) is 6.07 Å². The van der Waals surface area contributed by atoms with Crippen LogP contribution in [0.3, 0.4) is 0 Å². The first-order chi connectivity index (χ1) is 11.9. The molecule has 0 amide bonds. The van der Waals surface area contributed by atoms with Gasteiger partial charge in [-0.05, 0) is 48.9 Å². The number of carbonyl (C=O) groups is 2. The number of para-hydroxylation sites is 1. The second-order valence-electron chi connectivity index (χ2n) is 5.27. The van der Waals surface area contributed by atoms with Gasteiger partial charge in [-0.25, -0.2) is 9.59 Å². The van der Waals surface area contributed by atoms with E-state index in [9.17, 15) is 9.59 Å². The average Bonchev–Trinajstić information content (AvgIpc) is 3.12. The number of carboxylic acid groups (broad SMARTS) is 2. The maximum atomic E-state index is 10.7. The zero-order valence-electron chi connectivity index (χ0n) is 13.6. The molecule has 0 spiro atoms. The van der Waals surface area contributed by atoms with Crippen molar-refractivity contribution in [2.24, 2.45) is 0 Å². The van der Waals surface area contributed by atoms with Crippen molar-refractivity contribution in [3.8, 4) is 5.69 Å². The highest BCUT2D eigenvalue weighted by Crippen LogP contribution is 2.19. The standard InChI is InChI=1S/C10H9N.C9H9NO4/c1-2-6-10(7-3-1)11-8-4-5-9-11;1-4-6(9(13)14)2-5(8(11)12)3-7(4)10/h1-9H;2-3H,10H2,1H3,(H,11,12)(H,13,14). The molecule has 0 aliphatic carbocycles. The number of nitrogens with zero attached hydrogens (tertiary/aromatic N) is 1. The summed E-state index contributed by atoms with van der Waals surface area (Å²) >= 11 is 0. The fourth-order valence-corrected chi connectivity index (χ4v) is 2.19. The average molecular weight is 338 g/mol. The van der Waals surface area contributed by atoms with E-state index in [0.29, 0.717) is 5.56 Å². The third-order valence-corrected chi connectivity index (χ3v) is 3.58. The van der Waals surface area contributed by atoms with Gasteiger partial charge < -0.3 is 20.5 Å². The van der Waals surface area contributed by atoms with Crippen LogP contribution in [-0.2, 0) is 0 Å². The van der Waals surface area contributed by atoms with Crippen molar-refractivity contribution in [3.05, 3.63) is 83.7 Å². The molecule has 0 bridgehead atoms. The van der Waals surface area contributed by atoms with Crippen LogP contribution in [0.25, 0.3) is 5.69 Å². The number of rotatable bonds is 3. The summed E-state index contributed by atoms with van der Waals surface area (Å²) in [5, 5.41) is 17.4. The van der Waals surface area contributed by atoms with E-state index < -0.39 is 11.9 Å². The molecular weight excluding hydrogens is 320 g/mol. The monoisotopic (exact) mass is 338 g/mol. The maximum absolute atomic E-state index is 10.7. The summed E-state index contributed by atoms with van der Waals surface area (Å²) < 4.78 is 2.08. The van der Waals surface area contributed by atoms with Gasteiger partial charge in [-0.3, -0.25) is 0 Å². The molecule has 0 fully saturated rings.